The first-order chi connectivity index (χ1) is 15.2. The number of ether oxygens (including phenoxy) is 1. The van der Waals surface area contributed by atoms with Gasteiger partial charge in [-0.1, -0.05) is 24.1 Å². The van der Waals surface area contributed by atoms with E-state index < -0.39 is 0 Å². The van der Waals surface area contributed by atoms with E-state index in [4.69, 9.17) is 14.2 Å². The normalized spacial score (nSPS) is 21.1. The van der Waals surface area contributed by atoms with Gasteiger partial charge in [0.05, 0.1) is 12.5 Å². The Labute approximate surface area is 181 Å². The number of amides is 1. The highest BCUT2D eigenvalue weighted by molar-refractivity contribution is 5.94. The minimum Gasteiger partial charge on any atom is -0.497 e. The molecule has 0 N–H and O–H groups in total. The van der Waals surface area contributed by atoms with Gasteiger partial charge in [-0.05, 0) is 55.5 Å². The summed E-state index contributed by atoms with van der Waals surface area (Å²) < 4.78 is 10.9. The molecule has 7 heteroatoms. The number of aromatic nitrogens is 3. The van der Waals surface area contributed by atoms with Crippen molar-refractivity contribution < 1.29 is 14.1 Å². The van der Waals surface area contributed by atoms with Gasteiger partial charge in [0.25, 0.3) is 11.8 Å². The lowest BCUT2D eigenvalue weighted by atomic mass is 9.74. The molecule has 3 aromatic rings. The molecule has 0 spiro atoms. The van der Waals surface area contributed by atoms with E-state index in [-0.39, 0.29) is 11.3 Å². The number of methoxy groups -OCH3 is 1. The largest absolute Gasteiger partial charge is 0.497 e. The van der Waals surface area contributed by atoms with Crippen LogP contribution < -0.4 is 4.74 Å². The summed E-state index contributed by atoms with van der Waals surface area (Å²) in [5.74, 6) is 2.61. The van der Waals surface area contributed by atoms with Crippen LogP contribution in [-0.4, -0.2) is 46.1 Å². The average Bonchev–Trinajstić information content (AvgIpc) is 3.49. The first-order valence-corrected chi connectivity index (χ1v) is 10.8. The standard InChI is InChI=1S/C24H26N4O3/c1-30-20-5-2-4-19(14-20)22(29)28-13-3-10-24(16-28,15-17-6-7-17)23-26-21(31-27-23)18-8-11-25-12-9-18/h2,4-5,8-9,11-12,14,17H,3,6-7,10,13,15-16H2,1H3. The number of carbonyl (C=O) groups excluding carboxylic acids is 1. The minimum absolute atomic E-state index is 0.0247. The quantitative estimate of drug-likeness (QED) is 0.599. The highest BCUT2D eigenvalue weighted by Crippen LogP contribution is 2.46. The van der Waals surface area contributed by atoms with Gasteiger partial charge in [-0.2, -0.15) is 4.98 Å². The third kappa shape index (κ3) is 4.04. The van der Waals surface area contributed by atoms with Gasteiger partial charge in [0.2, 0.25) is 0 Å². The van der Waals surface area contributed by atoms with Crippen LogP contribution in [0.4, 0.5) is 0 Å². The molecule has 1 saturated heterocycles. The van der Waals surface area contributed by atoms with Crippen LogP contribution in [-0.2, 0) is 5.41 Å². The molecule has 1 aliphatic heterocycles. The predicted octanol–water partition coefficient (Wildman–Crippen LogP) is 4.11. The van der Waals surface area contributed by atoms with Crippen molar-refractivity contribution in [2.45, 2.75) is 37.5 Å². The summed E-state index contributed by atoms with van der Waals surface area (Å²) in [7, 11) is 1.61. The molecule has 3 heterocycles. The number of carbonyl (C=O) groups is 1. The van der Waals surface area contributed by atoms with Gasteiger partial charge in [0, 0.05) is 36.6 Å². The van der Waals surface area contributed by atoms with Crippen LogP contribution in [0, 0.1) is 5.92 Å². The summed E-state index contributed by atoms with van der Waals surface area (Å²) in [6.45, 7) is 1.34. The van der Waals surface area contributed by atoms with Crippen molar-refractivity contribution in [3.63, 3.8) is 0 Å². The van der Waals surface area contributed by atoms with Crippen LogP contribution in [0.5, 0.6) is 5.75 Å². The fourth-order valence-electron chi connectivity index (χ4n) is 4.61. The van der Waals surface area contributed by atoms with Crippen LogP contribution in [0.1, 0.15) is 48.3 Å². The molecule has 5 rings (SSSR count). The second-order valence-electron chi connectivity index (χ2n) is 8.65. The van der Waals surface area contributed by atoms with Crippen LogP contribution in [0.25, 0.3) is 11.5 Å². The van der Waals surface area contributed by atoms with E-state index in [1.807, 2.05) is 35.2 Å². The Morgan fingerprint density at radius 2 is 2.10 bits per heavy atom. The van der Waals surface area contributed by atoms with E-state index in [9.17, 15) is 4.79 Å². The Morgan fingerprint density at radius 1 is 1.26 bits per heavy atom. The van der Waals surface area contributed by atoms with Gasteiger partial charge < -0.3 is 14.2 Å². The van der Waals surface area contributed by atoms with Gasteiger partial charge in [-0.3, -0.25) is 9.78 Å². The Kier molecular flexibility index (Phi) is 5.18. The fraction of sp³-hybridized carbons (Fsp3) is 0.417. The predicted molar refractivity (Wildman–Crippen MR) is 115 cm³/mol. The molecule has 2 aliphatic rings. The zero-order chi connectivity index (χ0) is 21.3. The SMILES string of the molecule is COc1cccc(C(=O)N2CCCC(CC3CC3)(c3noc(-c4ccncc4)n3)C2)c1. The van der Waals surface area contributed by atoms with E-state index in [0.717, 1.165) is 31.4 Å². The Balaban J connectivity index is 1.44. The maximum absolute atomic E-state index is 13.3. The number of piperidine rings is 1. The fourth-order valence-corrected chi connectivity index (χ4v) is 4.61. The van der Waals surface area contributed by atoms with Gasteiger partial charge in [-0.15, -0.1) is 0 Å². The summed E-state index contributed by atoms with van der Waals surface area (Å²) in [5.41, 5.74) is 1.23. The van der Waals surface area contributed by atoms with Crippen molar-refractivity contribution in [2.75, 3.05) is 20.2 Å². The molecule has 1 aromatic carbocycles. The zero-order valence-corrected chi connectivity index (χ0v) is 17.7. The van der Waals surface area contributed by atoms with Crippen molar-refractivity contribution in [3.05, 3.63) is 60.2 Å². The lowest BCUT2D eigenvalue weighted by Crippen LogP contribution is -2.49. The number of benzene rings is 1. The molecule has 1 unspecified atom stereocenters. The van der Waals surface area contributed by atoms with Crippen LogP contribution in [0.3, 0.4) is 0 Å². The van der Waals surface area contributed by atoms with Gasteiger partial charge in [-0.25, -0.2) is 0 Å². The molecule has 1 aliphatic carbocycles. The molecular weight excluding hydrogens is 392 g/mol. The van der Waals surface area contributed by atoms with Crippen LogP contribution >= 0.6 is 0 Å². The molecule has 2 aromatic heterocycles. The van der Waals surface area contributed by atoms with Crippen molar-refractivity contribution in [2.24, 2.45) is 5.92 Å². The highest BCUT2D eigenvalue weighted by Gasteiger charge is 2.46. The van der Waals surface area contributed by atoms with Gasteiger partial charge in [0.15, 0.2) is 5.82 Å². The van der Waals surface area contributed by atoms with Gasteiger partial charge in [0.1, 0.15) is 5.75 Å². The highest BCUT2D eigenvalue weighted by atomic mass is 16.5. The summed E-state index contributed by atoms with van der Waals surface area (Å²) >= 11 is 0. The first kappa shape index (κ1) is 19.7. The molecule has 0 bridgehead atoms. The number of hydrogen-bond donors (Lipinski definition) is 0. The lowest BCUT2D eigenvalue weighted by Gasteiger charge is -2.41. The minimum atomic E-state index is -0.275. The van der Waals surface area contributed by atoms with Crippen molar-refractivity contribution in [1.29, 1.82) is 0 Å². The van der Waals surface area contributed by atoms with Crippen molar-refractivity contribution >= 4 is 5.91 Å². The number of pyridine rings is 1. The van der Waals surface area contributed by atoms with Crippen LogP contribution in [0.2, 0.25) is 0 Å². The van der Waals surface area contributed by atoms with Crippen molar-refractivity contribution in [1.82, 2.24) is 20.0 Å². The maximum Gasteiger partial charge on any atom is 0.258 e. The molecule has 31 heavy (non-hydrogen) atoms. The average molecular weight is 418 g/mol. The first-order valence-electron chi connectivity index (χ1n) is 10.8. The molecule has 1 amide bonds. The van der Waals surface area contributed by atoms with E-state index >= 15 is 0 Å². The van der Waals surface area contributed by atoms with E-state index in [1.54, 1.807) is 25.6 Å². The molecule has 7 nitrogen and oxygen atoms in total. The third-order valence-electron chi connectivity index (χ3n) is 6.38. The van der Waals surface area contributed by atoms with Gasteiger partial charge >= 0.3 is 0 Å². The number of rotatable bonds is 6. The number of likely N-dealkylation sites (tertiary alicyclic amines) is 1. The molecule has 1 atom stereocenters. The molecule has 0 radical (unpaired) electrons. The topological polar surface area (TPSA) is 81.4 Å². The monoisotopic (exact) mass is 418 g/mol. The van der Waals surface area contributed by atoms with Crippen molar-refractivity contribution in [3.8, 4) is 17.2 Å². The van der Waals surface area contributed by atoms with E-state index in [2.05, 4.69) is 10.1 Å². The summed E-state index contributed by atoms with van der Waals surface area (Å²) in [6, 6.07) is 11.1. The van der Waals surface area contributed by atoms with E-state index in [0.29, 0.717) is 35.5 Å². The summed E-state index contributed by atoms with van der Waals surface area (Å²) in [5, 5.41) is 4.40. The third-order valence-corrected chi connectivity index (χ3v) is 6.38. The second-order valence-corrected chi connectivity index (χ2v) is 8.65. The Hall–Kier alpha value is -3.22. The number of hydrogen-bond acceptors (Lipinski definition) is 6. The van der Waals surface area contributed by atoms with Crippen LogP contribution in [0.15, 0.2) is 53.3 Å². The smallest absolute Gasteiger partial charge is 0.258 e. The molecular formula is C24H26N4O3. The lowest BCUT2D eigenvalue weighted by molar-refractivity contribution is 0.0607. The molecule has 160 valence electrons. The maximum atomic E-state index is 13.3. The molecule has 2 fully saturated rings. The summed E-state index contributed by atoms with van der Waals surface area (Å²) in [6.07, 6.45) is 8.77. The number of nitrogens with zero attached hydrogens (tertiary/aromatic N) is 4. The zero-order valence-electron chi connectivity index (χ0n) is 17.7. The Morgan fingerprint density at radius 3 is 2.87 bits per heavy atom. The molecule has 1 saturated carbocycles. The second kappa shape index (κ2) is 8.13. The summed E-state index contributed by atoms with van der Waals surface area (Å²) in [4.78, 5) is 24.1. The Bertz CT molecular complexity index is 1060. The van der Waals surface area contributed by atoms with E-state index in [1.165, 1.54) is 12.8 Å².